The standard InChI is InChI=1S/C14H19N5O2.C6H5Cl2NO2S/c1-4-12-17-18-14(19(12)5-2)21-11-8-6-7-10(9-11)16-13(20)15-3;7-5-2-1-4(3-6(5)8)12(9,10)11/h6-9H,4-5H2,1-3H3,(H2,15,16,20);1-3H,(H2,9,10,11). The van der Waals surface area contributed by atoms with Crippen LogP contribution in [0.5, 0.6) is 11.8 Å². The smallest absolute Gasteiger partial charge is 0.322 e. The number of halogens is 2. The van der Waals surface area contributed by atoms with Gasteiger partial charge in [-0.2, -0.15) is 0 Å². The summed E-state index contributed by atoms with van der Waals surface area (Å²) in [7, 11) is -2.12. The lowest BCUT2D eigenvalue weighted by atomic mass is 10.3. The van der Waals surface area contributed by atoms with Gasteiger partial charge in [-0.25, -0.2) is 18.4 Å². The molecule has 0 unspecified atom stereocenters. The molecule has 0 aliphatic rings. The molecule has 2 amide bonds. The van der Waals surface area contributed by atoms with E-state index in [1.807, 2.05) is 18.4 Å². The van der Waals surface area contributed by atoms with E-state index in [9.17, 15) is 13.2 Å². The summed E-state index contributed by atoms with van der Waals surface area (Å²) in [5.74, 6) is 1.47. The highest BCUT2D eigenvalue weighted by Gasteiger charge is 2.12. The van der Waals surface area contributed by atoms with Crippen molar-refractivity contribution < 1.29 is 17.9 Å². The molecule has 10 nitrogen and oxygen atoms in total. The maximum atomic E-state index is 11.3. The minimum absolute atomic E-state index is 0.0445. The number of ether oxygens (including phenoxy) is 1. The number of carbonyl (C=O) groups excluding carboxylic acids is 1. The Labute approximate surface area is 202 Å². The average Bonchev–Trinajstić information content (AvgIpc) is 3.17. The van der Waals surface area contributed by atoms with Crippen molar-refractivity contribution in [3.63, 3.8) is 0 Å². The quantitative estimate of drug-likeness (QED) is 0.452. The van der Waals surface area contributed by atoms with Gasteiger partial charge in [0.2, 0.25) is 10.0 Å². The molecular formula is C20H24Cl2N6O4S. The van der Waals surface area contributed by atoms with E-state index in [1.54, 1.807) is 31.3 Å². The van der Waals surface area contributed by atoms with Crippen LogP contribution in [-0.4, -0.2) is 36.3 Å². The fraction of sp³-hybridized carbons (Fsp3) is 0.250. The molecule has 0 bridgehead atoms. The van der Waals surface area contributed by atoms with Gasteiger partial charge in [0.05, 0.1) is 14.9 Å². The number of rotatable bonds is 6. The van der Waals surface area contributed by atoms with Crippen LogP contribution in [0.3, 0.4) is 0 Å². The van der Waals surface area contributed by atoms with Crippen LogP contribution in [0.25, 0.3) is 0 Å². The van der Waals surface area contributed by atoms with Crippen molar-refractivity contribution in [3.8, 4) is 11.8 Å². The molecule has 0 spiro atoms. The number of benzene rings is 2. The maximum Gasteiger partial charge on any atom is 0.322 e. The van der Waals surface area contributed by atoms with E-state index in [-0.39, 0.29) is 15.9 Å². The van der Waals surface area contributed by atoms with Gasteiger partial charge in [-0.3, -0.25) is 4.57 Å². The van der Waals surface area contributed by atoms with Crippen LogP contribution < -0.4 is 20.5 Å². The number of anilines is 1. The second-order valence-electron chi connectivity index (χ2n) is 6.45. The van der Waals surface area contributed by atoms with Crippen LogP contribution in [0, 0.1) is 0 Å². The lowest BCUT2D eigenvalue weighted by Crippen LogP contribution is -2.24. The van der Waals surface area contributed by atoms with Gasteiger partial charge >= 0.3 is 12.0 Å². The number of nitrogens with two attached hydrogens (primary N) is 1. The Morgan fingerprint density at radius 3 is 2.42 bits per heavy atom. The number of amides is 2. The Balaban J connectivity index is 0.000000273. The zero-order valence-electron chi connectivity index (χ0n) is 18.2. The number of nitrogens with one attached hydrogen (secondary N) is 2. The van der Waals surface area contributed by atoms with Crippen LogP contribution in [-0.2, 0) is 23.0 Å². The summed E-state index contributed by atoms with van der Waals surface area (Å²) in [6, 6.07) is 11.2. The number of hydrogen-bond donors (Lipinski definition) is 3. The monoisotopic (exact) mass is 514 g/mol. The first-order valence-corrected chi connectivity index (χ1v) is 12.1. The Kier molecular flexibility index (Phi) is 9.47. The molecule has 0 fully saturated rings. The van der Waals surface area contributed by atoms with Crippen LogP contribution in [0.2, 0.25) is 10.0 Å². The van der Waals surface area contributed by atoms with Crippen molar-refractivity contribution in [2.45, 2.75) is 31.7 Å². The third-order valence-electron chi connectivity index (χ3n) is 4.17. The lowest BCUT2D eigenvalue weighted by molar-refractivity contribution is 0.254. The molecule has 2 aromatic carbocycles. The van der Waals surface area contributed by atoms with Crippen molar-refractivity contribution >= 4 is 44.9 Å². The number of sulfonamides is 1. The lowest BCUT2D eigenvalue weighted by Gasteiger charge is -2.09. The average molecular weight is 515 g/mol. The summed E-state index contributed by atoms with van der Waals surface area (Å²) in [5.41, 5.74) is 0.644. The summed E-state index contributed by atoms with van der Waals surface area (Å²) in [6.07, 6.45) is 0.794. The van der Waals surface area contributed by atoms with Gasteiger partial charge in [0.15, 0.2) is 0 Å². The minimum atomic E-state index is -3.69. The van der Waals surface area contributed by atoms with Gasteiger partial charge in [-0.05, 0) is 37.3 Å². The first-order chi connectivity index (χ1) is 15.6. The molecule has 1 aromatic heterocycles. The van der Waals surface area contributed by atoms with Crippen molar-refractivity contribution in [3.05, 3.63) is 58.3 Å². The highest BCUT2D eigenvalue weighted by Crippen LogP contribution is 2.24. The highest BCUT2D eigenvalue weighted by molar-refractivity contribution is 7.89. The number of aromatic nitrogens is 3. The molecule has 3 aromatic rings. The van der Waals surface area contributed by atoms with E-state index in [2.05, 4.69) is 20.8 Å². The van der Waals surface area contributed by atoms with Crippen molar-refractivity contribution in [2.75, 3.05) is 12.4 Å². The van der Waals surface area contributed by atoms with Gasteiger partial charge in [-0.15, -0.1) is 5.10 Å². The molecule has 0 saturated heterocycles. The molecule has 0 aliphatic heterocycles. The maximum absolute atomic E-state index is 11.3. The first-order valence-electron chi connectivity index (χ1n) is 9.75. The third-order valence-corrected chi connectivity index (χ3v) is 5.82. The fourth-order valence-electron chi connectivity index (χ4n) is 2.56. The SMILES string of the molecule is CCc1nnc(Oc2cccc(NC(=O)NC)c2)n1CC.NS(=O)(=O)c1ccc(Cl)c(Cl)c1. The Morgan fingerprint density at radius 2 is 1.85 bits per heavy atom. The number of urea groups is 1. The van der Waals surface area contributed by atoms with Gasteiger partial charge in [-0.1, -0.05) is 41.3 Å². The number of hydrogen-bond acceptors (Lipinski definition) is 6. The van der Waals surface area contributed by atoms with E-state index in [4.69, 9.17) is 33.1 Å². The number of carbonyl (C=O) groups is 1. The van der Waals surface area contributed by atoms with E-state index in [1.165, 1.54) is 18.2 Å². The van der Waals surface area contributed by atoms with Crippen LogP contribution >= 0.6 is 23.2 Å². The molecule has 0 atom stereocenters. The van der Waals surface area contributed by atoms with Crippen molar-refractivity contribution in [1.29, 1.82) is 0 Å². The van der Waals surface area contributed by atoms with Gasteiger partial charge in [0.25, 0.3) is 0 Å². The molecule has 4 N–H and O–H groups in total. The predicted octanol–water partition coefficient (Wildman–Crippen LogP) is 4.04. The Bertz CT molecular complexity index is 1220. The number of primary sulfonamides is 1. The molecular weight excluding hydrogens is 491 g/mol. The Morgan fingerprint density at radius 1 is 1.12 bits per heavy atom. The number of aryl methyl sites for hydroxylation is 1. The van der Waals surface area contributed by atoms with E-state index in [0.717, 1.165) is 18.8 Å². The zero-order valence-corrected chi connectivity index (χ0v) is 20.5. The van der Waals surface area contributed by atoms with E-state index in [0.29, 0.717) is 22.5 Å². The van der Waals surface area contributed by atoms with E-state index < -0.39 is 10.0 Å². The van der Waals surface area contributed by atoms with E-state index >= 15 is 0 Å². The molecule has 0 radical (unpaired) electrons. The minimum Gasteiger partial charge on any atom is -0.424 e. The highest BCUT2D eigenvalue weighted by atomic mass is 35.5. The molecule has 3 rings (SSSR count). The molecule has 0 saturated carbocycles. The van der Waals surface area contributed by atoms with Crippen LogP contribution in [0.4, 0.5) is 10.5 Å². The predicted molar refractivity (Wildman–Crippen MR) is 128 cm³/mol. The van der Waals surface area contributed by atoms with Crippen LogP contribution in [0.15, 0.2) is 47.4 Å². The van der Waals surface area contributed by atoms with Gasteiger partial charge in [0.1, 0.15) is 11.6 Å². The second kappa shape index (κ2) is 11.8. The number of nitrogens with zero attached hydrogens (tertiary/aromatic N) is 3. The van der Waals surface area contributed by atoms with Crippen LogP contribution in [0.1, 0.15) is 19.7 Å². The van der Waals surface area contributed by atoms with Crippen molar-refractivity contribution in [2.24, 2.45) is 5.14 Å². The summed E-state index contributed by atoms with van der Waals surface area (Å²) in [6.45, 7) is 4.77. The Hall–Kier alpha value is -2.86. The zero-order chi connectivity index (χ0) is 24.6. The molecule has 0 aliphatic carbocycles. The van der Waals surface area contributed by atoms with Crippen molar-refractivity contribution in [1.82, 2.24) is 20.1 Å². The molecule has 13 heteroatoms. The second-order valence-corrected chi connectivity index (χ2v) is 8.83. The normalized spacial score (nSPS) is 10.7. The van der Waals surface area contributed by atoms with Gasteiger partial charge in [0, 0.05) is 31.8 Å². The summed E-state index contributed by atoms with van der Waals surface area (Å²) in [4.78, 5) is 11.3. The fourth-order valence-corrected chi connectivity index (χ4v) is 3.47. The summed E-state index contributed by atoms with van der Waals surface area (Å²) < 4.78 is 29.2. The molecule has 1 heterocycles. The van der Waals surface area contributed by atoms with Gasteiger partial charge < -0.3 is 15.4 Å². The topological polar surface area (TPSA) is 141 Å². The summed E-state index contributed by atoms with van der Waals surface area (Å²) >= 11 is 11.1. The summed E-state index contributed by atoms with van der Waals surface area (Å²) in [5, 5.41) is 18.6. The largest absolute Gasteiger partial charge is 0.424 e. The molecule has 178 valence electrons. The first kappa shape index (κ1) is 26.4. The third kappa shape index (κ3) is 7.60. The molecule has 33 heavy (non-hydrogen) atoms.